The van der Waals surface area contributed by atoms with Gasteiger partial charge in [-0.25, -0.2) is 4.79 Å². The second-order valence-corrected chi connectivity index (χ2v) is 6.97. The molecule has 0 unspecified atom stereocenters. The van der Waals surface area contributed by atoms with E-state index < -0.39 is 0 Å². The number of urea groups is 1. The summed E-state index contributed by atoms with van der Waals surface area (Å²) in [5.41, 5.74) is 6.93. The molecule has 0 saturated heterocycles. The predicted molar refractivity (Wildman–Crippen MR) is 116 cm³/mol. The fourth-order valence-electron chi connectivity index (χ4n) is 3.93. The highest BCUT2D eigenvalue weighted by atomic mass is 16.2. The van der Waals surface area contributed by atoms with Gasteiger partial charge in [-0.3, -0.25) is 4.98 Å². The van der Waals surface area contributed by atoms with E-state index in [-0.39, 0.29) is 12.1 Å². The van der Waals surface area contributed by atoms with Crippen LogP contribution in [0.25, 0.3) is 22.4 Å². The van der Waals surface area contributed by atoms with Crippen LogP contribution in [-0.2, 0) is 0 Å². The third-order valence-electron chi connectivity index (χ3n) is 5.21. The van der Waals surface area contributed by atoms with E-state index in [0.717, 1.165) is 22.4 Å². The smallest absolute Gasteiger partial charge is 0.320 e. The van der Waals surface area contributed by atoms with E-state index in [4.69, 9.17) is 0 Å². The van der Waals surface area contributed by atoms with Gasteiger partial charge >= 0.3 is 6.03 Å². The fourth-order valence-corrected chi connectivity index (χ4v) is 3.93. The first-order valence-electron chi connectivity index (χ1n) is 9.57. The molecule has 4 heteroatoms. The minimum atomic E-state index is -0.258. The zero-order chi connectivity index (χ0) is 19.6. The summed E-state index contributed by atoms with van der Waals surface area (Å²) in [6.07, 6.45) is 1.73. The van der Waals surface area contributed by atoms with Gasteiger partial charge in [-0.15, -0.1) is 0 Å². The summed E-state index contributed by atoms with van der Waals surface area (Å²) >= 11 is 0. The average molecular weight is 377 g/mol. The molecule has 0 aliphatic heterocycles. The van der Waals surface area contributed by atoms with Crippen molar-refractivity contribution in [3.63, 3.8) is 0 Å². The number of rotatable bonds is 3. The normalized spacial score (nSPS) is 12.1. The molecule has 1 aromatic heterocycles. The molecule has 0 bridgehead atoms. The number of amides is 2. The lowest BCUT2D eigenvalue weighted by Gasteiger charge is -2.17. The fraction of sp³-hybridized carbons (Fsp3) is 0.0400. The number of nitrogens with zero attached hydrogens (tertiary/aromatic N) is 1. The second-order valence-electron chi connectivity index (χ2n) is 6.97. The summed E-state index contributed by atoms with van der Waals surface area (Å²) in [7, 11) is 0. The van der Waals surface area contributed by atoms with E-state index in [1.54, 1.807) is 6.20 Å². The van der Waals surface area contributed by atoms with E-state index in [1.807, 2.05) is 66.7 Å². The highest BCUT2D eigenvalue weighted by Gasteiger charge is 2.29. The minimum Gasteiger partial charge on any atom is -0.327 e. The Morgan fingerprint density at radius 1 is 0.724 bits per heavy atom. The lowest BCUT2D eigenvalue weighted by molar-refractivity contribution is 0.250. The molecule has 1 aliphatic rings. The number of hydrogen-bond acceptors (Lipinski definition) is 2. The standard InChI is InChI=1S/C25H19N3O/c29-25(27-22-15-8-16-26-23(22)17-9-2-1-3-10-17)28-24-20-13-6-4-11-18(20)19-12-5-7-14-21(19)24/h1-16,24H,(H2,27,28,29). The average Bonchev–Trinajstić information content (AvgIpc) is 3.09. The lowest BCUT2D eigenvalue weighted by atomic mass is 10.1. The highest BCUT2D eigenvalue weighted by Crippen LogP contribution is 2.43. The van der Waals surface area contributed by atoms with Gasteiger partial charge < -0.3 is 10.6 Å². The van der Waals surface area contributed by atoms with Crippen molar-refractivity contribution in [2.45, 2.75) is 6.04 Å². The first-order chi connectivity index (χ1) is 14.3. The molecule has 29 heavy (non-hydrogen) atoms. The van der Waals surface area contributed by atoms with Gasteiger partial charge in [0.2, 0.25) is 0 Å². The van der Waals surface area contributed by atoms with Gasteiger partial charge in [0.05, 0.1) is 17.4 Å². The lowest BCUT2D eigenvalue weighted by Crippen LogP contribution is -2.32. The molecule has 4 nitrogen and oxygen atoms in total. The van der Waals surface area contributed by atoms with Crippen LogP contribution in [-0.4, -0.2) is 11.0 Å². The summed E-state index contributed by atoms with van der Waals surface area (Å²) in [6, 6.07) is 29.5. The van der Waals surface area contributed by atoms with Crippen LogP contribution in [0.15, 0.2) is 97.2 Å². The van der Waals surface area contributed by atoms with E-state index >= 15 is 0 Å². The third kappa shape index (κ3) is 3.15. The van der Waals surface area contributed by atoms with Crippen LogP contribution >= 0.6 is 0 Å². The molecule has 4 aromatic rings. The number of carbonyl (C=O) groups excluding carboxylic acids is 1. The molecule has 0 spiro atoms. The molecule has 1 heterocycles. The predicted octanol–water partition coefficient (Wildman–Crippen LogP) is 5.64. The van der Waals surface area contributed by atoms with Crippen LogP contribution in [0.5, 0.6) is 0 Å². The minimum absolute atomic E-state index is 0.181. The number of fused-ring (bicyclic) bond motifs is 3. The van der Waals surface area contributed by atoms with Crippen molar-refractivity contribution < 1.29 is 4.79 Å². The number of pyridine rings is 1. The largest absolute Gasteiger partial charge is 0.327 e. The van der Waals surface area contributed by atoms with Crippen molar-refractivity contribution >= 4 is 11.7 Å². The van der Waals surface area contributed by atoms with E-state index in [0.29, 0.717) is 5.69 Å². The van der Waals surface area contributed by atoms with Crippen LogP contribution < -0.4 is 10.6 Å². The summed E-state index contributed by atoms with van der Waals surface area (Å²) in [5.74, 6) is 0. The van der Waals surface area contributed by atoms with Crippen LogP contribution in [0.1, 0.15) is 17.2 Å². The molecular formula is C25H19N3O. The van der Waals surface area contributed by atoms with Crippen molar-refractivity contribution in [3.8, 4) is 22.4 Å². The highest BCUT2D eigenvalue weighted by molar-refractivity contribution is 5.94. The molecule has 5 rings (SSSR count). The maximum Gasteiger partial charge on any atom is 0.320 e. The second kappa shape index (κ2) is 7.24. The number of benzene rings is 3. The Balaban J connectivity index is 1.43. The van der Waals surface area contributed by atoms with Crippen LogP contribution in [0, 0.1) is 0 Å². The molecule has 0 radical (unpaired) electrons. The van der Waals surface area contributed by atoms with E-state index in [1.165, 1.54) is 11.1 Å². The Labute approximate surface area is 169 Å². The zero-order valence-corrected chi connectivity index (χ0v) is 15.7. The molecule has 0 fully saturated rings. The molecule has 1 aliphatic carbocycles. The van der Waals surface area contributed by atoms with Gasteiger partial charge in [0.15, 0.2) is 0 Å². The summed E-state index contributed by atoms with van der Waals surface area (Å²) < 4.78 is 0. The molecule has 2 N–H and O–H groups in total. The zero-order valence-electron chi connectivity index (χ0n) is 15.7. The Hall–Kier alpha value is -3.92. The van der Waals surface area contributed by atoms with E-state index in [9.17, 15) is 4.79 Å². The van der Waals surface area contributed by atoms with Gasteiger partial charge in [-0.1, -0.05) is 78.9 Å². The maximum atomic E-state index is 12.9. The molecule has 0 saturated carbocycles. The molecular weight excluding hydrogens is 358 g/mol. The van der Waals surface area contributed by atoms with Gasteiger partial charge in [-0.2, -0.15) is 0 Å². The maximum absolute atomic E-state index is 12.9. The topological polar surface area (TPSA) is 54.0 Å². The van der Waals surface area contributed by atoms with Crippen LogP contribution in [0.2, 0.25) is 0 Å². The van der Waals surface area contributed by atoms with Gasteiger partial charge in [-0.05, 0) is 34.4 Å². The summed E-state index contributed by atoms with van der Waals surface area (Å²) in [6.45, 7) is 0. The number of aromatic nitrogens is 1. The van der Waals surface area contributed by atoms with Crippen molar-refractivity contribution in [1.29, 1.82) is 0 Å². The summed E-state index contributed by atoms with van der Waals surface area (Å²) in [5, 5.41) is 6.13. The summed E-state index contributed by atoms with van der Waals surface area (Å²) in [4.78, 5) is 17.4. The van der Waals surface area contributed by atoms with Gasteiger partial charge in [0.1, 0.15) is 0 Å². The number of hydrogen-bond donors (Lipinski definition) is 2. The third-order valence-corrected chi connectivity index (χ3v) is 5.21. The van der Waals surface area contributed by atoms with Crippen molar-refractivity contribution in [2.75, 3.05) is 5.32 Å². The molecule has 140 valence electrons. The van der Waals surface area contributed by atoms with Crippen molar-refractivity contribution in [3.05, 3.63) is 108 Å². The Bertz CT molecular complexity index is 1140. The van der Waals surface area contributed by atoms with Crippen molar-refractivity contribution in [2.24, 2.45) is 0 Å². The number of carbonyl (C=O) groups is 1. The SMILES string of the molecule is O=C(Nc1cccnc1-c1ccccc1)NC1c2ccccc2-c2ccccc21. The first kappa shape index (κ1) is 17.2. The van der Waals surface area contributed by atoms with Gasteiger partial charge in [0, 0.05) is 11.8 Å². The monoisotopic (exact) mass is 377 g/mol. The quantitative estimate of drug-likeness (QED) is 0.485. The number of anilines is 1. The van der Waals surface area contributed by atoms with Crippen LogP contribution in [0.4, 0.5) is 10.5 Å². The van der Waals surface area contributed by atoms with Gasteiger partial charge in [0.25, 0.3) is 0 Å². The Morgan fingerprint density at radius 2 is 1.34 bits per heavy atom. The van der Waals surface area contributed by atoms with E-state index in [2.05, 4.69) is 39.9 Å². The molecule has 0 atom stereocenters. The Morgan fingerprint density at radius 3 is 2.03 bits per heavy atom. The molecule has 2 amide bonds. The van der Waals surface area contributed by atoms with Crippen molar-refractivity contribution in [1.82, 2.24) is 10.3 Å². The van der Waals surface area contributed by atoms with Crippen LogP contribution in [0.3, 0.4) is 0 Å². The Kier molecular flexibility index (Phi) is 4.30. The first-order valence-corrected chi connectivity index (χ1v) is 9.57. The number of nitrogens with one attached hydrogen (secondary N) is 2. The molecule has 3 aromatic carbocycles.